The van der Waals surface area contributed by atoms with Gasteiger partial charge in [-0.25, -0.2) is 0 Å². The summed E-state index contributed by atoms with van der Waals surface area (Å²) in [5.74, 6) is -1.01. The molecule has 0 saturated carbocycles. The van der Waals surface area contributed by atoms with Gasteiger partial charge < -0.3 is 10.4 Å². The van der Waals surface area contributed by atoms with Gasteiger partial charge in [-0.3, -0.25) is 14.9 Å². The van der Waals surface area contributed by atoms with Crippen molar-refractivity contribution in [1.82, 2.24) is 0 Å². The Morgan fingerprint density at radius 2 is 2.05 bits per heavy atom. The molecule has 6 nitrogen and oxygen atoms in total. The van der Waals surface area contributed by atoms with Crippen molar-refractivity contribution in [2.45, 2.75) is 19.0 Å². The Hall–Kier alpha value is -2.32. The van der Waals surface area contributed by atoms with Gasteiger partial charge in [0.2, 0.25) is 0 Å². The molecule has 0 amide bonds. The first kappa shape index (κ1) is 15.7. The van der Waals surface area contributed by atoms with Crippen LogP contribution in [0, 0.1) is 10.1 Å². The van der Waals surface area contributed by atoms with E-state index in [0.29, 0.717) is 6.07 Å². The van der Waals surface area contributed by atoms with Crippen LogP contribution in [0.5, 0.6) is 0 Å². The highest BCUT2D eigenvalue weighted by Crippen LogP contribution is 2.37. The number of halogens is 3. The standard InChI is InChI=1S/C11H11F3N2O4/c12-11(13,14)8-6-7(3-4-9(8)16(19)20)15-5-1-2-10(17)18/h3-4,6,15H,1-2,5H2,(H,17,18). The average molecular weight is 292 g/mol. The summed E-state index contributed by atoms with van der Waals surface area (Å²) in [6.07, 6.45) is -4.72. The second-order valence-corrected chi connectivity index (χ2v) is 3.91. The number of nitrogens with one attached hydrogen (secondary N) is 1. The number of rotatable bonds is 6. The molecular formula is C11H11F3N2O4. The molecule has 9 heteroatoms. The number of nitro groups is 1. The number of nitro benzene ring substituents is 1. The van der Waals surface area contributed by atoms with Gasteiger partial charge in [0.05, 0.1) is 4.92 Å². The molecule has 0 bridgehead atoms. The molecule has 0 fully saturated rings. The summed E-state index contributed by atoms with van der Waals surface area (Å²) >= 11 is 0. The SMILES string of the molecule is O=C(O)CCCNc1ccc([N+](=O)[O-])c(C(F)(F)F)c1. The van der Waals surface area contributed by atoms with Crippen molar-refractivity contribution in [3.05, 3.63) is 33.9 Å². The smallest absolute Gasteiger partial charge is 0.423 e. The predicted octanol–water partition coefficient (Wildman–Crippen LogP) is 2.89. The van der Waals surface area contributed by atoms with Crippen LogP contribution in [0.4, 0.5) is 24.5 Å². The molecule has 1 aromatic carbocycles. The van der Waals surface area contributed by atoms with Gasteiger partial charge in [0.25, 0.3) is 5.69 Å². The molecule has 2 N–H and O–H groups in total. The minimum atomic E-state index is -4.83. The van der Waals surface area contributed by atoms with E-state index in [1.165, 1.54) is 0 Å². The van der Waals surface area contributed by atoms with E-state index in [-0.39, 0.29) is 25.1 Å². The molecule has 0 aliphatic rings. The lowest BCUT2D eigenvalue weighted by Gasteiger charge is -2.11. The Morgan fingerprint density at radius 1 is 1.40 bits per heavy atom. The summed E-state index contributed by atoms with van der Waals surface area (Å²) in [5.41, 5.74) is -2.31. The molecule has 0 spiro atoms. The first-order valence-electron chi connectivity index (χ1n) is 5.53. The van der Waals surface area contributed by atoms with Crippen LogP contribution >= 0.6 is 0 Å². The first-order valence-corrected chi connectivity index (χ1v) is 5.53. The second kappa shape index (κ2) is 6.22. The molecule has 0 heterocycles. The van der Waals surface area contributed by atoms with Gasteiger partial charge in [0.1, 0.15) is 5.56 Å². The molecule has 0 radical (unpaired) electrons. The van der Waals surface area contributed by atoms with Crippen molar-refractivity contribution in [3.63, 3.8) is 0 Å². The van der Waals surface area contributed by atoms with Crippen molar-refractivity contribution >= 4 is 17.3 Å². The van der Waals surface area contributed by atoms with Gasteiger partial charge in [-0.05, 0) is 18.6 Å². The fourth-order valence-electron chi connectivity index (χ4n) is 1.50. The number of carboxylic acid groups (broad SMARTS) is 1. The van der Waals surface area contributed by atoms with Gasteiger partial charge in [-0.1, -0.05) is 0 Å². The zero-order chi connectivity index (χ0) is 15.3. The highest BCUT2D eigenvalue weighted by atomic mass is 19.4. The normalized spacial score (nSPS) is 11.2. The minimum absolute atomic E-state index is 0.0494. The first-order chi connectivity index (χ1) is 9.21. The van der Waals surface area contributed by atoms with E-state index >= 15 is 0 Å². The van der Waals surface area contributed by atoms with Crippen LogP contribution in [0.3, 0.4) is 0 Å². The molecule has 1 aromatic rings. The number of alkyl halides is 3. The lowest BCUT2D eigenvalue weighted by Crippen LogP contribution is -2.11. The largest absolute Gasteiger partial charge is 0.481 e. The fraction of sp³-hybridized carbons (Fsp3) is 0.364. The molecule has 0 atom stereocenters. The Bertz CT molecular complexity index is 517. The topological polar surface area (TPSA) is 92.5 Å². The van der Waals surface area contributed by atoms with Crippen molar-refractivity contribution in [3.8, 4) is 0 Å². The summed E-state index contributed by atoms with van der Waals surface area (Å²) < 4.78 is 38.0. The van der Waals surface area contributed by atoms with E-state index in [1.54, 1.807) is 0 Å². The maximum absolute atomic E-state index is 12.7. The quantitative estimate of drug-likeness (QED) is 0.478. The van der Waals surface area contributed by atoms with E-state index in [4.69, 9.17) is 5.11 Å². The van der Waals surface area contributed by atoms with Crippen LogP contribution in [0.2, 0.25) is 0 Å². The average Bonchev–Trinajstić information content (AvgIpc) is 2.33. The third-order valence-corrected chi connectivity index (χ3v) is 2.40. The zero-order valence-electron chi connectivity index (χ0n) is 10.1. The van der Waals surface area contributed by atoms with Crippen LogP contribution in [-0.4, -0.2) is 22.5 Å². The monoisotopic (exact) mass is 292 g/mol. The summed E-state index contributed by atoms with van der Waals surface area (Å²) in [6, 6.07) is 2.55. The minimum Gasteiger partial charge on any atom is -0.481 e. The van der Waals surface area contributed by atoms with Crippen LogP contribution in [0.15, 0.2) is 18.2 Å². The summed E-state index contributed by atoms with van der Waals surface area (Å²) in [7, 11) is 0. The third kappa shape index (κ3) is 4.41. The number of hydrogen-bond donors (Lipinski definition) is 2. The van der Waals surface area contributed by atoms with Gasteiger partial charge in [0, 0.05) is 24.7 Å². The van der Waals surface area contributed by atoms with Crippen LogP contribution in [0.25, 0.3) is 0 Å². The summed E-state index contributed by atoms with van der Waals surface area (Å²) in [4.78, 5) is 19.7. The molecule has 0 aliphatic carbocycles. The molecule has 110 valence electrons. The number of hydrogen-bond acceptors (Lipinski definition) is 4. The Labute approximate surface area is 111 Å². The number of carbonyl (C=O) groups is 1. The van der Waals surface area contributed by atoms with E-state index in [2.05, 4.69) is 5.32 Å². The van der Waals surface area contributed by atoms with Crippen LogP contribution in [-0.2, 0) is 11.0 Å². The van der Waals surface area contributed by atoms with Crippen molar-refractivity contribution < 1.29 is 28.0 Å². The molecule has 0 saturated heterocycles. The molecule has 1 rings (SSSR count). The van der Waals surface area contributed by atoms with Crippen molar-refractivity contribution in [1.29, 1.82) is 0 Å². The van der Waals surface area contributed by atoms with E-state index < -0.39 is 28.3 Å². The number of aliphatic carboxylic acids is 1. The highest BCUT2D eigenvalue weighted by molar-refractivity contribution is 5.66. The predicted molar refractivity (Wildman–Crippen MR) is 63.5 cm³/mol. The summed E-state index contributed by atoms with van der Waals surface area (Å²) in [5, 5.41) is 21.5. The highest BCUT2D eigenvalue weighted by Gasteiger charge is 2.38. The summed E-state index contributed by atoms with van der Waals surface area (Å²) in [6.45, 7) is 0.154. The van der Waals surface area contributed by atoms with Crippen LogP contribution < -0.4 is 5.32 Å². The van der Waals surface area contributed by atoms with Gasteiger partial charge >= 0.3 is 12.1 Å². The Morgan fingerprint density at radius 3 is 2.55 bits per heavy atom. The van der Waals surface area contributed by atoms with E-state index in [9.17, 15) is 28.1 Å². The maximum Gasteiger partial charge on any atom is 0.423 e. The molecule has 0 unspecified atom stereocenters. The number of benzene rings is 1. The molecular weight excluding hydrogens is 281 g/mol. The maximum atomic E-state index is 12.7. The van der Waals surface area contributed by atoms with Gasteiger partial charge in [-0.15, -0.1) is 0 Å². The molecule has 0 aromatic heterocycles. The van der Waals surface area contributed by atoms with Gasteiger partial charge in [-0.2, -0.15) is 13.2 Å². The number of nitrogens with zero attached hydrogens (tertiary/aromatic N) is 1. The number of carboxylic acids is 1. The second-order valence-electron chi connectivity index (χ2n) is 3.91. The third-order valence-electron chi connectivity index (χ3n) is 2.40. The Kier molecular flexibility index (Phi) is 4.89. The van der Waals surface area contributed by atoms with Crippen molar-refractivity contribution in [2.75, 3.05) is 11.9 Å². The molecule has 20 heavy (non-hydrogen) atoms. The van der Waals surface area contributed by atoms with Crippen molar-refractivity contribution in [2.24, 2.45) is 0 Å². The lowest BCUT2D eigenvalue weighted by atomic mass is 10.1. The van der Waals surface area contributed by atoms with Gasteiger partial charge in [0.15, 0.2) is 0 Å². The number of anilines is 1. The van der Waals surface area contributed by atoms with Crippen LogP contribution in [0.1, 0.15) is 18.4 Å². The Balaban J connectivity index is 2.85. The lowest BCUT2D eigenvalue weighted by molar-refractivity contribution is -0.388. The zero-order valence-corrected chi connectivity index (χ0v) is 10.1. The van der Waals surface area contributed by atoms with E-state index in [0.717, 1.165) is 12.1 Å². The molecule has 0 aliphatic heterocycles. The van der Waals surface area contributed by atoms with E-state index in [1.807, 2.05) is 0 Å². The fourth-order valence-corrected chi connectivity index (χ4v) is 1.50.